The average molecular weight is 356 g/mol. The van der Waals surface area contributed by atoms with E-state index in [-0.39, 0.29) is 45.7 Å². The Hall–Kier alpha value is -2.49. The highest BCUT2D eigenvalue weighted by Crippen LogP contribution is 2.29. The summed E-state index contributed by atoms with van der Waals surface area (Å²) in [5, 5.41) is 11.5. The third kappa shape index (κ3) is 4.03. The van der Waals surface area contributed by atoms with E-state index in [9.17, 15) is 9.18 Å². The molecule has 0 heterocycles. The van der Waals surface area contributed by atoms with Gasteiger partial charge < -0.3 is 15.8 Å². The molecule has 0 aromatic heterocycles. The van der Waals surface area contributed by atoms with Crippen LogP contribution in [0.5, 0.6) is 5.75 Å². The van der Waals surface area contributed by atoms with E-state index in [1.807, 2.05) is 0 Å². The van der Waals surface area contributed by atoms with Crippen molar-refractivity contribution in [3.8, 4) is 11.8 Å². The molecule has 0 radical (unpaired) electrons. The van der Waals surface area contributed by atoms with Crippen molar-refractivity contribution in [3.63, 3.8) is 0 Å². The molecule has 5 nitrogen and oxygen atoms in total. The molecule has 0 saturated carbocycles. The molecule has 1 amide bonds. The van der Waals surface area contributed by atoms with E-state index in [0.717, 1.165) is 6.07 Å². The van der Waals surface area contributed by atoms with Crippen LogP contribution in [0.3, 0.4) is 0 Å². The zero-order valence-corrected chi connectivity index (χ0v) is 13.5. The van der Waals surface area contributed by atoms with E-state index in [0.29, 0.717) is 0 Å². The zero-order chi connectivity index (χ0) is 16.3. The van der Waals surface area contributed by atoms with E-state index >= 15 is 0 Å². The molecule has 2 aromatic carbocycles. The summed E-state index contributed by atoms with van der Waals surface area (Å²) in [5.41, 5.74) is 6.21. The molecule has 8 heteroatoms. The number of hydrogen-bond donors (Lipinski definition) is 2. The van der Waals surface area contributed by atoms with Crippen LogP contribution in [0.2, 0.25) is 5.02 Å². The second-order valence-corrected chi connectivity index (χ2v) is 4.74. The van der Waals surface area contributed by atoms with Crippen LogP contribution in [0.25, 0.3) is 0 Å². The molecule has 0 spiro atoms. The smallest absolute Gasteiger partial charge is 0.259 e. The first-order valence-electron chi connectivity index (χ1n) is 6.10. The fourth-order valence-corrected chi connectivity index (χ4v) is 1.97. The molecule has 0 aliphatic rings. The molecular formula is C15H12Cl2FN3O2. The predicted molar refractivity (Wildman–Crippen MR) is 88.7 cm³/mol. The van der Waals surface area contributed by atoms with Crippen molar-refractivity contribution >= 4 is 41.3 Å². The fraction of sp³-hybridized carbons (Fsp3) is 0.0667. The van der Waals surface area contributed by atoms with Crippen molar-refractivity contribution in [2.24, 2.45) is 0 Å². The standard InChI is InChI=1S/C15H11ClFN3O2.ClH/c1-22-14-6-13(19)11(16)5-10(14)15(21)20-9-2-3-12(17)8(4-9)7-18;/h2-6H,19H2,1H3,(H,20,21);1H. The van der Waals surface area contributed by atoms with Gasteiger partial charge in [0.15, 0.2) is 0 Å². The van der Waals surface area contributed by atoms with Crippen molar-refractivity contribution in [2.75, 3.05) is 18.2 Å². The summed E-state index contributed by atoms with van der Waals surface area (Å²) in [6.45, 7) is 0. The Labute approximate surface area is 143 Å². The van der Waals surface area contributed by atoms with E-state index in [2.05, 4.69) is 5.32 Å². The number of amides is 1. The number of rotatable bonds is 3. The Kier molecular flexibility index (Phi) is 6.19. The van der Waals surface area contributed by atoms with Crippen molar-refractivity contribution in [2.45, 2.75) is 0 Å². The third-order valence-electron chi connectivity index (χ3n) is 2.91. The summed E-state index contributed by atoms with van der Waals surface area (Å²) in [5.74, 6) is -0.926. The number of nitrogen functional groups attached to an aromatic ring is 1. The van der Waals surface area contributed by atoms with Gasteiger partial charge in [0.1, 0.15) is 17.6 Å². The minimum Gasteiger partial charge on any atom is -0.496 e. The monoisotopic (exact) mass is 355 g/mol. The van der Waals surface area contributed by atoms with Crippen LogP contribution in [0.1, 0.15) is 15.9 Å². The number of nitrogens with zero attached hydrogens (tertiary/aromatic N) is 1. The first-order valence-corrected chi connectivity index (χ1v) is 6.48. The molecule has 0 unspecified atom stereocenters. The van der Waals surface area contributed by atoms with Crippen LogP contribution in [-0.4, -0.2) is 13.0 Å². The molecule has 23 heavy (non-hydrogen) atoms. The Balaban J connectivity index is 0.00000264. The number of carbonyl (C=O) groups is 1. The number of nitrogens with two attached hydrogens (primary N) is 1. The first kappa shape index (κ1) is 18.6. The lowest BCUT2D eigenvalue weighted by Crippen LogP contribution is -2.14. The van der Waals surface area contributed by atoms with Gasteiger partial charge in [-0.3, -0.25) is 4.79 Å². The topological polar surface area (TPSA) is 88.1 Å². The molecule has 3 N–H and O–H groups in total. The van der Waals surface area contributed by atoms with Crippen LogP contribution in [0.4, 0.5) is 15.8 Å². The van der Waals surface area contributed by atoms with Gasteiger partial charge in [-0.1, -0.05) is 11.6 Å². The summed E-state index contributed by atoms with van der Waals surface area (Å²) < 4.78 is 18.4. The van der Waals surface area contributed by atoms with Crippen molar-refractivity contribution in [1.82, 2.24) is 0 Å². The normalized spacial score (nSPS) is 9.48. The van der Waals surface area contributed by atoms with E-state index in [1.54, 1.807) is 6.07 Å². The number of nitrogens with one attached hydrogen (secondary N) is 1. The second kappa shape index (κ2) is 7.68. The molecule has 0 aliphatic heterocycles. The van der Waals surface area contributed by atoms with Crippen LogP contribution in [0, 0.1) is 17.1 Å². The highest BCUT2D eigenvalue weighted by molar-refractivity contribution is 6.33. The van der Waals surface area contributed by atoms with Gasteiger partial charge in [0.05, 0.1) is 28.9 Å². The predicted octanol–water partition coefficient (Wildman–Crippen LogP) is 3.62. The molecule has 0 fully saturated rings. The lowest BCUT2D eigenvalue weighted by Gasteiger charge is -2.11. The molecular weight excluding hydrogens is 344 g/mol. The quantitative estimate of drug-likeness (QED) is 0.823. The van der Waals surface area contributed by atoms with E-state index in [1.165, 1.54) is 31.4 Å². The second-order valence-electron chi connectivity index (χ2n) is 4.33. The largest absolute Gasteiger partial charge is 0.496 e. The molecule has 120 valence electrons. The Bertz CT molecular complexity index is 791. The third-order valence-corrected chi connectivity index (χ3v) is 3.24. The van der Waals surface area contributed by atoms with Gasteiger partial charge in [-0.2, -0.15) is 5.26 Å². The van der Waals surface area contributed by atoms with Crippen LogP contribution in [0.15, 0.2) is 30.3 Å². The highest BCUT2D eigenvalue weighted by Gasteiger charge is 2.16. The average Bonchev–Trinajstić information content (AvgIpc) is 2.51. The number of carbonyl (C=O) groups excluding carboxylic acids is 1. The minimum atomic E-state index is -0.659. The Morgan fingerprint density at radius 3 is 2.70 bits per heavy atom. The lowest BCUT2D eigenvalue weighted by atomic mass is 10.1. The zero-order valence-electron chi connectivity index (χ0n) is 11.9. The number of benzene rings is 2. The maximum Gasteiger partial charge on any atom is 0.259 e. The van der Waals surface area contributed by atoms with Crippen molar-refractivity contribution in [1.29, 1.82) is 5.26 Å². The molecule has 0 saturated heterocycles. The van der Waals surface area contributed by atoms with Gasteiger partial charge in [-0.05, 0) is 24.3 Å². The Morgan fingerprint density at radius 1 is 1.39 bits per heavy atom. The van der Waals surface area contributed by atoms with Crippen molar-refractivity contribution in [3.05, 3.63) is 52.3 Å². The summed E-state index contributed by atoms with van der Waals surface area (Å²) in [6, 6.07) is 8.19. The number of halogens is 3. The summed E-state index contributed by atoms with van der Waals surface area (Å²) in [4.78, 5) is 12.3. The number of ether oxygens (including phenoxy) is 1. The van der Waals surface area contributed by atoms with Gasteiger partial charge >= 0.3 is 0 Å². The van der Waals surface area contributed by atoms with Gasteiger partial charge in [-0.15, -0.1) is 12.4 Å². The SMILES string of the molecule is COc1cc(N)c(Cl)cc1C(=O)Nc1ccc(F)c(C#N)c1.Cl. The molecule has 0 aliphatic carbocycles. The van der Waals surface area contributed by atoms with Gasteiger partial charge in [0.25, 0.3) is 5.91 Å². The van der Waals surface area contributed by atoms with Gasteiger partial charge in [0.2, 0.25) is 0 Å². The number of methoxy groups -OCH3 is 1. The maximum absolute atomic E-state index is 13.3. The van der Waals surface area contributed by atoms with E-state index in [4.69, 9.17) is 27.3 Å². The number of anilines is 2. The summed E-state index contributed by atoms with van der Waals surface area (Å²) in [6.07, 6.45) is 0. The van der Waals surface area contributed by atoms with Gasteiger partial charge in [0, 0.05) is 11.8 Å². The highest BCUT2D eigenvalue weighted by atomic mass is 35.5. The fourth-order valence-electron chi connectivity index (χ4n) is 1.80. The molecule has 2 rings (SSSR count). The molecule has 0 bridgehead atoms. The van der Waals surface area contributed by atoms with Gasteiger partial charge in [-0.25, -0.2) is 4.39 Å². The van der Waals surface area contributed by atoms with Crippen molar-refractivity contribution < 1.29 is 13.9 Å². The molecule has 0 atom stereocenters. The first-order chi connectivity index (χ1) is 10.5. The Morgan fingerprint density at radius 2 is 2.09 bits per heavy atom. The van der Waals surface area contributed by atoms with E-state index < -0.39 is 11.7 Å². The summed E-state index contributed by atoms with van der Waals surface area (Å²) in [7, 11) is 1.39. The van der Waals surface area contributed by atoms with Crippen LogP contribution >= 0.6 is 24.0 Å². The van der Waals surface area contributed by atoms with Crippen LogP contribution < -0.4 is 15.8 Å². The number of nitriles is 1. The number of hydrogen-bond acceptors (Lipinski definition) is 4. The molecule has 2 aromatic rings. The minimum absolute atomic E-state index is 0. The lowest BCUT2D eigenvalue weighted by molar-refractivity contribution is 0.102. The summed E-state index contributed by atoms with van der Waals surface area (Å²) >= 11 is 5.91. The maximum atomic E-state index is 13.3. The van der Waals surface area contributed by atoms with Crippen LogP contribution in [-0.2, 0) is 0 Å².